The van der Waals surface area contributed by atoms with Crippen LogP contribution in [0, 0.1) is 0 Å². The van der Waals surface area contributed by atoms with Crippen molar-refractivity contribution < 1.29 is 14.3 Å². The molecule has 31 heavy (non-hydrogen) atoms. The number of aromatic nitrogens is 2. The zero-order chi connectivity index (χ0) is 21.0. The number of carbonyl (C=O) groups is 1. The monoisotopic (exact) mass is 425 g/mol. The van der Waals surface area contributed by atoms with Crippen molar-refractivity contribution in [3.8, 4) is 5.75 Å². The summed E-state index contributed by atoms with van der Waals surface area (Å²) in [6.07, 6.45) is 9.54. The third-order valence-electron chi connectivity index (χ3n) is 6.59. The number of morpholine rings is 1. The quantitative estimate of drug-likeness (QED) is 0.811. The number of likely N-dealkylation sites (tertiary alicyclic amines) is 1. The van der Waals surface area contributed by atoms with E-state index >= 15 is 0 Å². The average molecular weight is 426 g/mol. The molecule has 1 aliphatic carbocycles. The first-order valence-corrected chi connectivity index (χ1v) is 11.6. The van der Waals surface area contributed by atoms with Crippen LogP contribution in [0.2, 0.25) is 0 Å². The summed E-state index contributed by atoms with van der Waals surface area (Å²) in [5.74, 6) is 0.802. The van der Waals surface area contributed by atoms with Gasteiger partial charge in [0, 0.05) is 56.4 Å². The summed E-state index contributed by atoms with van der Waals surface area (Å²) in [6, 6.07) is 4.53. The number of anilines is 1. The molecule has 0 bridgehead atoms. The molecule has 2 saturated heterocycles. The zero-order valence-corrected chi connectivity index (χ0v) is 18.0. The molecule has 5 rings (SSSR count). The SMILES string of the molecule is O=C(N[C@H]1CC[C@@H](Oc2cc(N3CCOCC3)cc3nccnc23)CC1)N1CCCC1. The van der Waals surface area contributed by atoms with E-state index in [1.807, 2.05) is 4.90 Å². The van der Waals surface area contributed by atoms with E-state index in [-0.39, 0.29) is 18.2 Å². The molecule has 1 N–H and O–H groups in total. The number of benzene rings is 1. The summed E-state index contributed by atoms with van der Waals surface area (Å²) in [6.45, 7) is 4.99. The molecule has 8 nitrogen and oxygen atoms in total. The molecule has 3 aliphatic rings. The Morgan fingerprint density at radius 3 is 2.52 bits per heavy atom. The number of nitrogens with zero attached hydrogens (tertiary/aromatic N) is 4. The largest absolute Gasteiger partial charge is 0.488 e. The van der Waals surface area contributed by atoms with E-state index in [0.29, 0.717) is 0 Å². The maximum atomic E-state index is 12.4. The summed E-state index contributed by atoms with van der Waals surface area (Å²) in [5, 5.41) is 3.22. The van der Waals surface area contributed by atoms with Gasteiger partial charge >= 0.3 is 6.03 Å². The molecule has 166 valence electrons. The van der Waals surface area contributed by atoms with Gasteiger partial charge in [-0.25, -0.2) is 9.78 Å². The Morgan fingerprint density at radius 2 is 1.74 bits per heavy atom. The van der Waals surface area contributed by atoms with Crippen LogP contribution in [-0.2, 0) is 4.74 Å². The van der Waals surface area contributed by atoms with Gasteiger partial charge in [-0.05, 0) is 44.6 Å². The molecule has 0 atom stereocenters. The standard InChI is InChI=1S/C23H31N5O3/c29-23(28-9-1-2-10-28)26-17-3-5-19(6-4-17)31-21-16-18(27-11-13-30-14-12-27)15-20-22(21)25-8-7-24-20/h7-8,15-17,19H,1-6,9-14H2,(H,26,29)/t17-,19+. The van der Waals surface area contributed by atoms with Crippen molar-refractivity contribution in [2.45, 2.75) is 50.7 Å². The van der Waals surface area contributed by atoms with E-state index < -0.39 is 0 Å². The summed E-state index contributed by atoms with van der Waals surface area (Å²) in [7, 11) is 0. The lowest BCUT2D eigenvalue weighted by Crippen LogP contribution is -2.45. The zero-order valence-electron chi connectivity index (χ0n) is 18.0. The molecular weight excluding hydrogens is 394 g/mol. The maximum absolute atomic E-state index is 12.4. The van der Waals surface area contributed by atoms with Gasteiger partial charge in [-0.2, -0.15) is 0 Å². The number of hydrogen-bond donors (Lipinski definition) is 1. The molecule has 3 fully saturated rings. The van der Waals surface area contributed by atoms with Crippen LogP contribution < -0.4 is 15.0 Å². The van der Waals surface area contributed by atoms with E-state index in [1.165, 1.54) is 0 Å². The van der Waals surface area contributed by atoms with Crippen LogP contribution >= 0.6 is 0 Å². The summed E-state index contributed by atoms with van der Waals surface area (Å²) in [4.78, 5) is 25.7. The van der Waals surface area contributed by atoms with Crippen LogP contribution in [0.1, 0.15) is 38.5 Å². The lowest BCUT2D eigenvalue weighted by Gasteiger charge is -2.32. The molecule has 3 heterocycles. The predicted octanol–water partition coefficient (Wildman–Crippen LogP) is 2.96. The molecule has 0 spiro atoms. The Hall–Kier alpha value is -2.61. The summed E-state index contributed by atoms with van der Waals surface area (Å²) >= 11 is 0. The first-order chi connectivity index (χ1) is 15.3. The van der Waals surface area contributed by atoms with Crippen molar-refractivity contribution in [2.75, 3.05) is 44.3 Å². The van der Waals surface area contributed by atoms with E-state index in [2.05, 4.69) is 32.3 Å². The molecule has 0 radical (unpaired) electrons. The van der Waals surface area contributed by atoms with Crippen molar-refractivity contribution in [2.24, 2.45) is 0 Å². The van der Waals surface area contributed by atoms with Crippen LogP contribution in [-0.4, -0.2) is 72.4 Å². The molecular formula is C23H31N5O3. The van der Waals surface area contributed by atoms with Gasteiger partial charge in [0.2, 0.25) is 0 Å². The van der Waals surface area contributed by atoms with Crippen LogP contribution in [0.25, 0.3) is 11.0 Å². The van der Waals surface area contributed by atoms with Gasteiger partial charge in [0.15, 0.2) is 0 Å². The molecule has 2 aliphatic heterocycles. The first-order valence-electron chi connectivity index (χ1n) is 11.6. The molecule has 1 aromatic heterocycles. The minimum Gasteiger partial charge on any atom is -0.488 e. The highest BCUT2D eigenvalue weighted by Crippen LogP contribution is 2.33. The predicted molar refractivity (Wildman–Crippen MR) is 119 cm³/mol. The smallest absolute Gasteiger partial charge is 0.317 e. The van der Waals surface area contributed by atoms with E-state index in [4.69, 9.17) is 9.47 Å². The van der Waals surface area contributed by atoms with Crippen LogP contribution in [0.4, 0.5) is 10.5 Å². The number of urea groups is 1. The second-order valence-corrected chi connectivity index (χ2v) is 8.70. The van der Waals surface area contributed by atoms with Crippen molar-refractivity contribution in [3.63, 3.8) is 0 Å². The fraction of sp³-hybridized carbons (Fsp3) is 0.609. The van der Waals surface area contributed by atoms with Gasteiger partial charge in [0.05, 0.1) is 24.8 Å². The molecule has 8 heteroatoms. The lowest BCUT2D eigenvalue weighted by molar-refractivity contribution is 0.122. The highest BCUT2D eigenvalue weighted by atomic mass is 16.5. The number of fused-ring (bicyclic) bond motifs is 1. The number of carbonyl (C=O) groups excluding carboxylic acids is 1. The Labute approximate surface area is 182 Å². The number of rotatable bonds is 4. The highest BCUT2D eigenvalue weighted by molar-refractivity contribution is 5.85. The van der Waals surface area contributed by atoms with Gasteiger partial charge < -0.3 is 24.6 Å². The Bertz CT molecular complexity index is 903. The Balaban J connectivity index is 1.24. The first kappa shape index (κ1) is 20.3. The van der Waals surface area contributed by atoms with E-state index in [0.717, 1.165) is 100 Å². The van der Waals surface area contributed by atoms with Gasteiger partial charge in [-0.15, -0.1) is 0 Å². The topological polar surface area (TPSA) is 79.8 Å². The van der Waals surface area contributed by atoms with Crippen LogP contribution in [0.3, 0.4) is 0 Å². The normalized spacial score (nSPS) is 24.4. The van der Waals surface area contributed by atoms with Crippen molar-refractivity contribution in [1.82, 2.24) is 20.2 Å². The van der Waals surface area contributed by atoms with Crippen LogP contribution in [0.15, 0.2) is 24.5 Å². The molecule has 1 saturated carbocycles. The van der Waals surface area contributed by atoms with Gasteiger partial charge in [0.25, 0.3) is 0 Å². The molecule has 2 aromatic rings. The third kappa shape index (κ3) is 4.69. The summed E-state index contributed by atoms with van der Waals surface area (Å²) in [5.41, 5.74) is 2.77. The lowest BCUT2D eigenvalue weighted by atomic mass is 9.93. The number of ether oxygens (including phenoxy) is 2. The summed E-state index contributed by atoms with van der Waals surface area (Å²) < 4.78 is 12.0. The molecule has 2 amide bonds. The fourth-order valence-electron chi connectivity index (χ4n) is 4.81. The van der Waals surface area contributed by atoms with Gasteiger partial charge in [-0.3, -0.25) is 4.98 Å². The number of hydrogen-bond acceptors (Lipinski definition) is 6. The minimum atomic E-state index is 0.0985. The number of nitrogens with one attached hydrogen (secondary N) is 1. The molecule has 1 aromatic carbocycles. The van der Waals surface area contributed by atoms with Crippen molar-refractivity contribution >= 4 is 22.8 Å². The Morgan fingerprint density at radius 1 is 1.00 bits per heavy atom. The van der Waals surface area contributed by atoms with Gasteiger partial charge in [-0.1, -0.05) is 0 Å². The van der Waals surface area contributed by atoms with Crippen molar-refractivity contribution in [3.05, 3.63) is 24.5 Å². The number of amides is 2. The Kier molecular flexibility index (Phi) is 6.06. The van der Waals surface area contributed by atoms with Gasteiger partial charge in [0.1, 0.15) is 11.3 Å². The second kappa shape index (κ2) is 9.26. The highest BCUT2D eigenvalue weighted by Gasteiger charge is 2.27. The maximum Gasteiger partial charge on any atom is 0.317 e. The molecule has 0 unspecified atom stereocenters. The van der Waals surface area contributed by atoms with E-state index in [1.54, 1.807) is 12.4 Å². The average Bonchev–Trinajstić information content (AvgIpc) is 3.36. The second-order valence-electron chi connectivity index (χ2n) is 8.70. The minimum absolute atomic E-state index is 0.0985. The third-order valence-corrected chi connectivity index (χ3v) is 6.59. The van der Waals surface area contributed by atoms with Crippen LogP contribution in [0.5, 0.6) is 5.75 Å². The van der Waals surface area contributed by atoms with E-state index in [9.17, 15) is 4.79 Å². The van der Waals surface area contributed by atoms with Crippen molar-refractivity contribution in [1.29, 1.82) is 0 Å². The fourth-order valence-corrected chi connectivity index (χ4v) is 4.81.